The molecule has 5 heteroatoms. The van der Waals surface area contributed by atoms with Gasteiger partial charge in [0.05, 0.1) is 6.61 Å². The highest BCUT2D eigenvalue weighted by Gasteiger charge is 2.17. The van der Waals surface area contributed by atoms with Crippen LogP contribution in [0.15, 0.2) is 12.7 Å². The Morgan fingerprint density at radius 1 is 0.917 bits per heavy atom. The average Bonchev–Trinajstić information content (AvgIpc) is 2.59. The van der Waals surface area contributed by atoms with Gasteiger partial charge in [0.25, 0.3) is 0 Å². The van der Waals surface area contributed by atoms with Crippen LogP contribution in [0.1, 0.15) is 71.6 Å². The lowest BCUT2D eigenvalue weighted by Gasteiger charge is -2.18. The van der Waals surface area contributed by atoms with E-state index in [0.29, 0.717) is 13.2 Å². The van der Waals surface area contributed by atoms with E-state index in [1.807, 2.05) is 0 Å². The summed E-state index contributed by atoms with van der Waals surface area (Å²) in [6.45, 7) is 8.41. The molecule has 0 bridgehead atoms. The Bertz CT molecular complexity index is 344. The minimum atomic E-state index is -0.516. The Morgan fingerprint density at radius 2 is 1.50 bits per heavy atom. The molecular weight excluding hydrogens is 306 g/mol. The summed E-state index contributed by atoms with van der Waals surface area (Å²) in [7, 11) is 0. The summed E-state index contributed by atoms with van der Waals surface area (Å²) in [5, 5.41) is 0. The maximum absolute atomic E-state index is 11.7. The van der Waals surface area contributed by atoms with Crippen molar-refractivity contribution in [3.63, 3.8) is 0 Å². The van der Waals surface area contributed by atoms with Crippen molar-refractivity contribution in [2.45, 2.75) is 71.6 Å². The predicted molar refractivity (Wildman–Crippen MR) is 97.0 cm³/mol. The standard InChI is InChI=1S/C19H35NO4/c1-4-7-8-9-10-11-12-13-14-16-23-18(21)17-20(6-3)19(22)24-15-5-2/h5H,2,4,6-17H2,1,3H3. The quantitative estimate of drug-likeness (QED) is 0.246. The van der Waals surface area contributed by atoms with Gasteiger partial charge in [0.2, 0.25) is 0 Å². The second-order valence-corrected chi connectivity index (χ2v) is 5.93. The second-order valence-electron chi connectivity index (χ2n) is 5.93. The number of carbonyl (C=O) groups excluding carboxylic acids is 2. The maximum Gasteiger partial charge on any atom is 0.410 e. The van der Waals surface area contributed by atoms with E-state index in [9.17, 15) is 9.59 Å². The third-order valence-corrected chi connectivity index (χ3v) is 3.80. The Labute approximate surface area is 147 Å². The van der Waals surface area contributed by atoms with Gasteiger partial charge < -0.3 is 9.47 Å². The highest BCUT2D eigenvalue weighted by atomic mass is 16.6. The molecule has 0 unspecified atom stereocenters. The summed E-state index contributed by atoms with van der Waals surface area (Å²) in [5.41, 5.74) is 0. The van der Waals surface area contributed by atoms with Crippen LogP contribution in [0.5, 0.6) is 0 Å². The molecule has 0 heterocycles. The van der Waals surface area contributed by atoms with Gasteiger partial charge in [-0.15, -0.1) is 0 Å². The van der Waals surface area contributed by atoms with Crippen LogP contribution in [-0.4, -0.2) is 43.3 Å². The number of carbonyl (C=O) groups is 2. The van der Waals surface area contributed by atoms with E-state index in [4.69, 9.17) is 9.47 Å². The largest absolute Gasteiger partial charge is 0.464 e. The van der Waals surface area contributed by atoms with E-state index in [-0.39, 0.29) is 19.1 Å². The van der Waals surface area contributed by atoms with Crippen molar-refractivity contribution < 1.29 is 19.1 Å². The van der Waals surface area contributed by atoms with Crippen molar-refractivity contribution in [2.24, 2.45) is 0 Å². The van der Waals surface area contributed by atoms with Crippen molar-refractivity contribution in [2.75, 3.05) is 26.3 Å². The molecular formula is C19H35NO4. The van der Waals surface area contributed by atoms with Crippen LogP contribution in [0.4, 0.5) is 4.79 Å². The lowest BCUT2D eigenvalue weighted by atomic mass is 10.1. The molecule has 0 aromatic rings. The minimum absolute atomic E-state index is 0.0656. The topological polar surface area (TPSA) is 55.8 Å². The molecule has 24 heavy (non-hydrogen) atoms. The van der Waals surface area contributed by atoms with Gasteiger partial charge in [-0.2, -0.15) is 0 Å². The third-order valence-electron chi connectivity index (χ3n) is 3.80. The molecule has 0 N–H and O–H groups in total. The van der Waals surface area contributed by atoms with Crippen molar-refractivity contribution in [1.82, 2.24) is 4.90 Å². The smallest absolute Gasteiger partial charge is 0.410 e. The fourth-order valence-corrected chi connectivity index (χ4v) is 2.33. The van der Waals surface area contributed by atoms with Crippen molar-refractivity contribution >= 4 is 12.1 Å². The molecule has 5 nitrogen and oxygen atoms in total. The lowest BCUT2D eigenvalue weighted by Crippen LogP contribution is -2.36. The Morgan fingerprint density at radius 3 is 2.04 bits per heavy atom. The van der Waals surface area contributed by atoms with Gasteiger partial charge in [0.15, 0.2) is 0 Å². The molecule has 0 radical (unpaired) electrons. The van der Waals surface area contributed by atoms with Gasteiger partial charge in [-0.05, 0) is 13.3 Å². The monoisotopic (exact) mass is 341 g/mol. The zero-order valence-corrected chi connectivity index (χ0v) is 15.6. The summed E-state index contributed by atoms with van der Waals surface area (Å²) < 4.78 is 10.1. The van der Waals surface area contributed by atoms with Crippen LogP contribution in [0.2, 0.25) is 0 Å². The maximum atomic E-state index is 11.7. The number of likely N-dealkylation sites (N-methyl/N-ethyl adjacent to an activating group) is 1. The molecule has 0 atom stereocenters. The first-order valence-electron chi connectivity index (χ1n) is 9.33. The normalized spacial score (nSPS) is 10.2. The first kappa shape index (κ1) is 22.5. The van der Waals surface area contributed by atoms with Crippen molar-refractivity contribution in [1.29, 1.82) is 0 Å². The van der Waals surface area contributed by atoms with Gasteiger partial charge in [-0.3, -0.25) is 9.69 Å². The van der Waals surface area contributed by atoms with Crippen LogP contribution < -0.4 is 0 Å². The number of nitrogens with zero attached hydrogens (tertiary/aromatic N) is 1. The van der Waals surface area contributed by atoms with E-state index in [2.05, 4.69) is 13.5 Å². The average molecular weight is 341 g/mol. The fraction of sp³-hybridized carbons (Fsp3) is 0.789. The summed E-state index contributed by atoms with van der Waals surface area (Å²) in [5.74, 6) is -0.382. The molecule has 0 aliphatic rings. The number of ether oxygens (including phenoxy) is 2. The summed E-state index contributed by atoms with van der Waals surface area (Å²) in [4.78, 5) is 24.7. The second kappa shape index (κ2) is 16.3. The van der Waals surface area contributed by atoms with Gasteiger partial charge >= 0.3 is 12.1 Å². The zero-order chi connectivity index (χ0) is 18.0. The van der Waals surface area contributed by atoms with Crippen LogP contribution >= 0.6 is 0 Å². The summed E-state index contributed by atoms with van der Waals surface area (Å²) >= 11 is 0. The predicted octanol–water partition coefficient (Wildman–Crippen LogP) is 4.70. The number of rotatable bonds is 15. The van der Waals surface area contributed by atoms with Crippen molar-refractivity contribution in [3.05, 3.63) is 12.7 Å². The minimum Gasteiger partial charge on any atom is -0.464 e. The van der Waals surface area contributed by atoms with Crippen LogP contribution in [-0.2, 0) is 14.3 Å². The molecule has 1 amide bonds. The molecule has 140 valence electrons. The first-order valence-corrected chi connectivity index (χ1v) is 9.33. The van der Waals surface area contributed by atoms with Gasteiger partial charge in [-0.25, -0.2) is 4.79 Å². The van der Waals surface area contributed by atoms with E-state index in [1.54, 1.807) is 6.92 Å². The van der Waals surface area contributed by atoms with E-state index in [0.717, 1.165) is 12.8 Å². The zero-order valence-electron chi connectivity index (χ0n) is 15.6. The highest BCUT2D eigenvalue weighted by Crippen LogP contribution is 2.09. The fourth-order valence-electron chi connectivity index (χ4n) is 2.33. The molecule has 0 saturated heterocycles. The van der Waals surface area contributed by atoms with Gasteiger partial charge in [0, 0.05) is 6.54 Å². The highest BCUT2D eigenvalue weighted by molar-refractivity contribution is 5.78. The van der Waals surface area contributed by atoms with E-state index in [1.165, 1.54) is 55.9 Å². The number of unbranched alkanes of at least 4 members (excludes halogenated alkanes) is 8. The molecule has 0 rings (SSSR count). The molecule has 0 aliphatic heterocycles. The number of amides is 1. The Kier molecular flexibility index (Phi) is 15.3. The van der Waals surface area contributed by atoms with Crippen LogP contribution in [0, 0.1) is 0 Å². The lowest BCUT2D eigenvalue weighted by molar-refractivity contribution is -0.144. The first-order chi connectivity index (χ1) is 11.7. The molecule has 0 fully saturated rings. The number of esters is 1. The molecule has 0 aromatic heterocycles. The Balaban J connectivity index is 3.60. The summed E-state index contributed by atoms with van der Waals surface area (Å²) in [6, 6.07) is 0. The van der Waals surface area contributed by atoms with E-state index >= 15 is 0 Å². The molecule has 0 aromatic carbocycles. The van der Waals surface area contributed by atoms with Gasteiger partial charge in [-0.1, -0.05) is 70.9 Å². The molecule has 0 aliphatic carbocycles. The van der Waals surface area contributed by atoms with Crippen LogP contribution in [0.25, 0.3) is 0 Å². The number of hydrogen-bond acceptors (Lipinski definition) is 4. The SMILES string of the molecule is C=CCOC(=O)N(CC)CC(=O)OCCCCCCCCCCC. The molecule has 0 spiro atoms. The van der Waals surface area contributed by atoms with Gasteiger partial charge in [0.1, 0.15) is 13.2 Å². The molecule has 0 saturated carbocycles. The van der Waals surface area contributed by atoms with E-state index < -0.39 is 6.09 Å². The van der Waals surface area contributed by atoms with Crippen molar-refractivity contribution in [3.8, 4) is 0 Å². The van der Waals surface area contributed by atoms with Crippen LogP contribution in [0.3, 0.4) is 0 Å². The third kappa shape index (κ3) is 13.0. The summed E-state index contributed by atoms with van der Waals surface area (Å²) in [6.07, 6.45) is 12.0. The number of hydrogen-bond donors (Lipinski definition) is 0. The Hall–Kier alpha value is -1.52.